The van der Waals surface area contributed by atoms with Crippen LogP contribution in [0.4, 0.5) is 0 Å². The minimum Gasteiger partial charge on any atom is -0.411 e. The van der Waals surface area contributed by atoms with Gasteiger partial charge in [0.15, 0.2) is 20.2 Å². The average Bonchev–Trinajstić information content (AvgIpc) is 2.87. The highest BCUT2D eigenvalue weighted by molar-refractivity contribution is 6.74. The molecule has 3 atom stereocenters. The van der Waals surface area contributed by atoms with E-state index in [0.29, 0.717) is 0 Å². The molecule has 1 saturated heterocycles. The van der Waals surface area contributed by atoms with Gasteiger partial charge in [-0.3, -0.25) is 9.63 Å². The number of hydrogen-bond acceptors (Lipinski definition) is 5. The van der Waals surface area contributed by atoms with Crippen LogP contribution < -0.4 is 0 Å². The first-order chi connectivity index (χ1) is 12.3. The zero-order chi connectivity index (χ0) is 21.0. The first-order valence-corrected chi connectivity index (χ1v) is 12.6. The molecule has 0 spiro atoms. The first-order valence-electron chi connectivity index (χ1n) is 9.72. The molecular weight excluding hydrogens is 362 g/mol. The Morgan fingerprint density at radius 2 is 1.93 bits per heavy atom. The molecule has 1 fully saturated rings. The second-order valence-electron chi connectivity index (χ2n) is 9.18. The van der Waals surface area contributed by atoms with Crippen LogP contribution in [0.3, 0.4) is 0 Å². The number of hydroxylamine groups is 2. The Morgan fingerprint density at radius 1 is 1.33 bits per heavy atom. The molecule has 0 N–H and O–H groups in total. The molecule has 0 unspecified atom stereocenters. The van der Waals surface area contributed by atoms with Crippen LogP contribution in [0.25, 0.3) is 0 Å². The smallest absolute Gasteiger partial charge is 0.277 e. The second kappa shape index (κ2) is 9.18. The Labute approximate surface area is 166 Å². The largest absolute Gasteiger partial charge is 0.411 e. The molecule has 0 radical (unpaired) electrons. The fourth-order valence-corrected chi connectivity index (χ4v) is 4.19. The molecule has 0 aliphatic carbocycles. The van der Waals surface area contributed by atoms with Gasteiger partial charge in [-0.25, -0.2) is 5.06 Å². The molecule has 0 saturated carbocycles. The maximum atomic E-state index is 12.8. The predicted molar refractivity (Wildman–Crippen MR) is 110 cm³/mol. The van der Waals surface area contributed by atoms with E-state index in [4.69, 9.17) is 18.7 Å². The van der Waals surface area contributed by atoms with E-state index in [2.05, 4.69) is 40.4 Å². The van der Waals surface area contributed by atoms with Crippen LogP contribution >= 0.6 is 0 Å². The number of ether oxygens (including phenoxy) is 2. The minimum atomic E-state index is -2.06. The van der Waals surface area contributed by atoms with Gasteiger partial charge in [0.25, 0.3) is 5.91 Å². The minimum absolute atomic E-state index is 0.0570. The molecule has 0 bridgehead atoms. The molecule has 27 heavy (non-hydrogen) atoms. The lowest BCUT2D eigenvalue weighted by Crippen LogP contribution is -2.52. The maximum Gasteiger partial charge on any atom is 0.277 e. The third-order valence-electron chi connectivity index (χ3n) is 5.47. The molecule has 1 rings (SSSR count). The Bertz CT molecular complexity index is 515. The van der Waals surface area contributed by atoms with Gasteiger partial charge in [0.1, 0.15) is 6.10 Å². The number of rotatable bonds is 9. The Hall–Kier alpha value is -0.733. The van der Waals surface area contributed by atoms with E-state index in [1.807, 2.05) is 19.9 Å². The van der Waals surface area contributed by atoms with Crippen molar-refractivity contribution in [3.63, 3.8) is 0 Å². The second-order valence-corrected chi connectivity index (χ2v) is 13.9. The normalized spacial score (nSPS) is 23.9. The van der Waals surface area contributed by atoms with E-state index in [-0.39, 0.29) is 17.0 Å². The van der Waals surface area contributed by atoms with E-state index in [1.54, 1.807) is 7.05 Å². The van der Waals surface area contributed by atoms with Crippen LogP contribution in [-0.2, 0) is 23.5 Å². The fourth-order valence-electron chi connectivity index (χ4n) is 2.83. The lowest BCUT2D eigenvalue weighted by Gasteiger charge is -2.41. The van der Waals surface area contributed by atoms with Gasteiger partial charge >= 0.3 is 0 Å². The topological polar surface area (TPSA) is 57.2 Å². The van der Waals surface area contributed by atoms with Crippen LogP contribution in [-0.4, -0.2) is 57.5 Å². The number of carbonyl (C=O) groups is 1. The predicted octanol–water partition coefficient (Wildman–Crippen LogP) is 4.27. The summed E-state index contributed by atoms with van der Waals surface area (Å²) in [5, 5.41) is 1.25. The van der Waals surface area contributed by atoms with Crippen LogP contribution in [0.5, 0.6) is 0 Å². The summed E-state index contributed by atoms with van der Waals surface area (Å²) >= 11 is 0. The number of nitrogens with zero attached hydrogens (tertiary/aromatic N) is 1. The van der Waals surface area contributed by atoms with E-state index < -0.39 is 26.3 Å². The van der Waals surface area contributed by atoms with Gasteiger partial charge in [-0.2, -0.15) is 0 Å². The molecule has 1 amide bonds. The van der Waals surface area contributed by atoms with Crippen LogP contribution in [0.2, 0.25) is 18.1 Å². The number of allylic oxidation sites excluding steroid dienone is 1. The zero-order valence-corrected chi connectivity index (χ0v) is 19.6. The highest BCUT2D eigenvalue weighted by atomic mass is 28.4. The third kappa shape index (κ3) is 6.39. The van der Waals surface area contributed by atoms with Crippen molar-refractivity contribution in [2.24, 2.45) is 0 Å². The quantitative estimate of drug-likeness (QED) is 0.250. The highest BCUT2D eigenvalue weighted by Crippen LogP contribution is 2.41. The van der Waals surface area contributed by atoms with Crippen LogP contribution in [0.15, 0.2) is 12.7 Å². The molecule has 0 aromatic rings. The van der Waals surface area contributed by atoms with E-state index in [1.165, 1.54) is 12.2 Å². The summed E-state index contributed by atoms with van der Waals surface area (Å²) in [5.74, 6) is -1.12. The van der Waals surface area contributed by atoms with Crippen molar-refractivity contribution in [3.05, 3.63) is 12.7 Å². The first kappa shape index (κ1) is 24.3. The van der Waals surface area contributed by atoms with Gasteiger partial charge in [-0.1, -0.05) is 26.8 Å². The van der Waals surface area contributed by atoms with Crippen LogP contribution in [0, 0.1) is 0 Å². The van der Waals surface area contributed by atoms with Gasteiger partial charge in [0.05, 0.1) is 13.2 Å². The summed E-state index contributed by atoms with van der Waals surface area (Å²) in [4.78, 5) is 17.9. The van der Waals surface area contributed by atoms with Gasteiger partial charge in [-0.15, -0.1) is 6.58 Å². The monoisotopic (exact) mass is 401 g/mol. The van der Waals surface area contributed by atoms with Crippen molar-refractivity contribution in [2.45, 2.75) is 96.1 Å². The SMILES string of the molecule is C=CCCC[C@@H](O[Si](C)(C)C(C)(C)C)[C@@H]1OC(C)(C)O[C@H]1C(=O)N(C)OC. The van der Waals surface area contributed by atoms with E-state index in [0.717, 1.165) is 19.3 Å². The van der Waals surface area contributed by atoms with Crippen molar-refractivity contribution in [1.82, 2.24) is 5.06 Å². The summed E-state index contributed by atoms with van der Waals surface area (Å²) in [7, 11) is 0.979. The molecular formula is C20H39NO5Si. The summed E-state index contributed by atoms with van der Waals surface area (Å²) in [6, 6.07) is 0. The van der Waals surface area contributed by atoms with Crippen molar-refractivity contribution in [3.8, 4) is 0 Å². The van der Waals surface area contributed by atoms with Gasteiger partial charge in [0.2, 0.25) is 0 Å². The molecule has 1 aliphatic heterocycles. The third-order valence-corrected chi connectivity index (χ3v) is 9.98. The molecule has 6 nitrogen and oxygen atoms in total. The number of amides is 1. The number of hydrogen-bond donors (Lipinski definition) is 0. The standard InChI is InChI=1S/C20H39NO5Si/c1-11-12-13-14-15(26-27(9,10)19(2,3)4)16-17(18(22)21(7)23-8)25-20(5,6)24-16/h11,15-17H,1,12-14H2,2-10H3/t15-,16+,17-/m1/s1. The van der Waals surface area contributed by atoms with Gasteiger partial charge in [-0.05, 0) is 51.2 Å². The Kier molecular flexibility index (Phi) is 8.26. The number of unbranched alkanes of at least 4 members (excludes halogenated alkanes) is 1. The summed E-state index contributed by atoms with van der Waals surface area (Å²) in [6.07, 6.45) is 3.03. The molecule has 0 aromatic heterocycles. The van der Waals surface area contributed by atoms with Crippen LogP contribution in [0.1, 0.15) is 53.9 Å². The molecule has 7 heteroatoms. The van der Waals surface area contributed by atoms with Crippen molar-refractivity contribution in [1.29, 1.82) is 0 Å². The van der Waals surface area contributed by atoms with Crippen molar-refractivity contribution >= 4 is 14.2 Å². The molecule has 1 heterocycles. The number of carbonyl (C=O) groups excluding carboxylic acids is 1. The maximum absolute atomic E-state index is 12.8. The Balaban J connectivity index is 3.15. The summed E-state index contributed by atoms with van der Waals surface area (Å²) in [5.41, 5.74) is 0. The molecule has 1 aliphatic rings. The molecule has 0 aromatic carbocycles. The van der Waals surface area contributed by atoms with Crippen molar-refractivity contribution < 1.29 is 23.5 Å². The highest BCUT2D eigenvalue weighted by Gasteiger charge is 2.52. The van der Waals surface area contributed by atoms with Gasteiger partial charge in [0, 0.05) is 7.05 Å². The lowest BCUT2D eigenvalue weighted by molar-refractivity contribution is -0.187. The molecule has 158 valence electrons. The summed E-state index contributed by atoms with van der Waals surface area (Å²) < 4.78 is 18.8. The van der Waals surface area contributed by atoms with E-state index in [9.17, 15) is 4.79 Å². The average molecular weight is 402 g/mol. The number of likely N-dealkylation sites (N-methyl/N-ethyl adjacent to an activating group) is 1. The summed E-state index contributed by atoms with van der Waals surface area (Å²) in [6.45, 7) is 18.5. The van der Waals surface area contributed by atoms with Crippen molar-refractivity contribution in [2.75, 3.05) is 14.2 Å². The zero-order valence-electron chi connectivity index (χ0n) is 18.6. The van der Waals surface area contributed by atoms with Gasteiger partial charge < -0.3 is 13.9 Å². The fraction of sp³-hybridized carbons (Fsp3) is 0.850. The lowest BCUT2D eigenvalue weighted by atomic mass is 10.0. The Morgan fingerprint density at radius 3 is 2.41 bits per heavy atom. The van der Waals surface area contributed by atoms with E-state index >= 15 is 0 Å².